The minimum absolute atomic E-state index is 0.00519. The predicted molar refractivity (Wildman–Crippen MR) is 58.8 cm³/mol. The topological polar surface area (TPSA) is 37.3 Å². The first-order valence-electron chi connectivity index (χ1n) is 5.34. The first-order chi connectivity index (χ1) is 7.35. The number of aliphatic carboxylic acids is 1. The summed E-state index contributed by atoms with van der Waals surface area (Å²) in [5, 5.41) is 9.09. The molecule has 0 heterocycles. The van der Waals surface area contributed by atoms with Crippen LogP contribution in [0.15, 0.2) is 18.2 Å². The van der Waals surface area contributed by atoms with E-state index in [1.54, 1.807) is 6.07 Å². The summed E-state index contributed by atoms with van der Waals surface area (Å²) in [7, 11) is 0. The van der Waals surface area contributed by atoms with Gasteiger partial charge in [0.25, 0.3) is 0 Å². The zero-order chi connectivity index (χ0) is 12.1. The highest BCUT2D eigenvalue weighted by atomic mass is 19.1. The zero-order valence-electron chi connectivity index (χ0n) is 9.62. The fourth-order valence-electron chi connectivity index (χ4n) is 2.67. The van der Waals surface area contributed by atoms with Crippen LogP contribution in [0.3, 0.4) is 0 Å². The molecule has 16 heavy (non-hydrogen) atoms. The molecule has 2 nitrogen and oxygen atoms in total. The average Bonchev–Trinajstić information content (AvgIpc) is 2.69. The number of benzene rings is 1. The minimum atomic E-state index is -0.765. The summed E-state index contributed by atoms with van der Waals surface area (Å²) in [5.74, 6) is -1.38. The van der Waals surface area contributed by atoms with Gasteiger partial charge in [-0.25, -0.2) is 4.39 Å². The molecular weight excluding hydrogens is 207 g/mol. The maximum atomic E-state index is 13.0. The Labute approximate surface area is 94.1 Å². The largest absolute Gasteiger partial charge is 0.481 e. The molecule has 1 saturated carbocycles. The predicted octanol–water partition coefficient (Wildman–Crippen LogP) is 2.96. The molecule has 2 rings (SSSR count). The van der Waals surface area contributed by atoms with Crippen LogP contribution in [0, 0.1) is 24.1 Å². The van der Waals surface area contributed by atoms with Crippen LogP contribution in [0.4, 0.5) is 4.39 Å². The maximum Gasteiger partial charge on any atom is 0.307 e. The van der Waals surface area contributed by atoms with Crippen molar-refractivity contribution < 1.29 is 14.3 Å². The number of hydrogen-bond donors (Lipinski definition) is 1. The van der Waals surface area contributed by atoms with E-state index < -0.39 is 5.97 Å². The van der Waals surface area contributed by atoms with Gasteiger partial charge in [-0.15, -0.1) is 0 Å². The zero-order valence-corrected chi connectivity index (χ0v) is 9.62. The lowest BCUT2D eigenvalue weighted by Crippen LogP contribution is -2.03. The molecule has 0 spiro atoms. The summed E-state index contributed by atoms with van der Waals surface area (Å²) in [6.45, 7) is 5.71. The highest BCUT2D eigenvalue weighted by molar-refractivity contribution is 5.77. The molecule has 2 unspecified atom stereocenters. The normalized spacial score (nSPS) is 26.5. The summed E-state index contributed by atoms with van der Waals surface area (Å²) >= 11 is 0. The van der Waals surface area contributed by atoms with Gasteiger partial charge in [0.05, 0.1) is 5.92 Å². The Hall–Kier alpha value is -1.38. The van der Waals surface area contributed by atoms with Gasteiger partial charge in [0.15, 0.2) is 0 Å². The van der Waals surface area contributed by atoms with Gasteiger partial charge < -0.3 is 5.11 Å². The van der Waals surface area contributed by atoms with E-state index in [0.29, 0.717) is 0 Å². The van der Waals surface area contributed by atoms with Gasteiger partial charge in [0.1, 0.15) is 5.82 Å². The molecule has 0 aliphatic heterocycles. The SMILES string of the molecule is Cc1cc(F)ccc1C1C(C(=O)O)C1(C)C. The Morgan fingerprint density at radius 1 is 1.44 bits per heavy atom. The second-order valence-corrected chi connectivity index (χ2v) is 5.12. The van der Waals surface area contributed by atoms with Gasteiger partial charge in [0, 0.05) is 5.92 Å². The van der Waals surface area contributed by atoms with E-state index in [-0.39, 0.29) is 23.1 Å². The van der Waals surface area contributed by atoms with E-state index in [2.05, 4.69) is 0 Å². The minimum Gasteiger partial charge on any atom is -0.481 e. The van der Waals surface area contributed by atoms with E-state index in [1.807, 2.05) is 20.8 Å². The fourth-order valence-corrected chi connectivity index (χ4v) is 2.67. The molecule has 1 fully saturated rings. The van der Waals surface area contributed by atoms with Crippen LogP contribution in [0.1, 0.15) is 30.9 Å². The second kappa shape index (κ2) is 3.30. The van der Waals surface area contributed by atoms with Gasteiger partial charge >= 0.3 is 5.97 Å². The van der Waals surface area contributed by atoms with E-state index >= 15 is 0 Å². The molecule has 0 saturated heterocycles. The van der Waals surface area contributed by atoms with Crippen molar-refractivity contribution in [1.29, 1.82) is 0 Å². The van der Waals surface area contributed by atoms with Crippen molar-refractivity contribution in [3.63, 3.8) is 0 Å². The molecule has 1 aromatic carbocycles. The Balaban J connectivity index is 2.37. The van der Waals surface area contributed by atoms with E-state index in [4.69, 9.17) is 5.11 Å². The Morgan fingerprint density at radius 3 is 2.50 bits per heavy atom. The summed E-state index contributed by atoms with van der Waals surface area (Å²) < 4.78 is 13.0. The van der Waals surface area contributed by atoms with Gasteiger partial charge in [-0.2, -0.15) is 0 Å². The Bertz CT molecular complexity index is 451. The molecule has 1 aliphatic carbocycles. The quantitative estimate of drug-likeness (QED) is 0.835. The van der Waals surface area contributed by atoms with Crippen molar-refractivity contribution in [2.45, 2.75) is 26.7 Å². The third kappa shape index (κ3) is 1.51. The van der Waals surface area contributed by atoms with Crippen LogP contribution in [0.25, 0.3) is 0 Å². The van der Waals surface area contributed by atoms with E-state index in [0.717, 1.165) is 11.1 Å². The van der Waals surface area contributed by atoms with E-state index in [9.17, 15) is 9.18 Å². The third-order valence-electron chi connectivity index (χ3n) is 3.66. The number of aryl methyl sites for hydroxylation is 1. The Kier molecular flexibility index (Phi) is 2.30. The molecule has 0 bridgehead atoms. The van der Waals surface area contributed by atoms with Gasteiger partial charge in [-0.1, -0.05) is 19.9 Å². The fraction of sp³-hybridized carbons (Fsp3) is 0.462. The number of carboxylic acid groups (broad SMARTS) is 1. The van der Waals surface area contributed by atoms with Crippen molar-refractivity contribution in [3.8, 4) is 0 Å². The monoisotopic (exact) mass is 222 g/mol. The van der Waals surface area contributed by atoms with Crippen molar-refractivity contribution in [3.05, 3.63) is 35.1 Å². The lowest BCUT2D eigenvalue weighted by Gasteiger charge is -2.06. The van der Waals surface area contributed by atoms with Crippen molar-refractivity contribution in [2.24, 2.45) is 11.3 Å². The van der Waals surface area contributed by atoms with Crippen LogP contribution in [-0.2, 0) is 4.79 Å². The van der Waals surface area contributed by atoms with Crippen LogP contribution in [-0.4, -0.2) is 11.1 Å². The average molecular weight is 222 g/mol. The number of carboxylic acids is 1. The molecule has 1 N–H and O–H groups in total. The molecule has 1 aromatic rings. The molecular formula is C13H15FO2. The van der Waals surface area contributed by atoms with Gasteiger partial charge in [-0.05, 0) is 35.6 Å². The lowest BCUT2D eigenvalue weighted by atomic mass is 9.99. The standard InChI is InChI=1S/C13H15FO2/c1-7-6-8(14)4-5-9(7)10-11(12(15)16)13(10,2)3/h4-6,10-11H,1-3H3,(H,15,16). The van der Waals surface area contributed by atoms with E-state index in [1.165, 1.54) is 12.1 Å². The Morgan fingerprint density at radius 2 is 2.06 bits per heavy atom. The molecule has 2 atom stereocenters. The number of rotatable bonds is 2. The lowest BCUT2D eigenvalue weighted by molar-refractivity contribution is -0.139. The van der Waals surface area contributed by atoms with Crippen molar-refractivity contribution in [2.75, 3.05) is 0 Å². The highest BCUT2D eigenvalue weighted by Gasteiger charge is 2.62. The van der Waals surface area contributed by atoms with Crippen molar-refractivity contribution in [1.82, 2.24) is 0 Å². The molecule has 0 radical (unpaired) electrons. The molecule has 0 aromatic heterocycles. The van der Waals surface area contributed by atoms with Crippen molar-refractivity contribution >= 4 is 5.97 Å². The molecule has 0 amide bonds. The first-order valence-corrected chi connectivity index (χ1v) is 5.34. The third-order valence-corrected chi connectivity index (χ3v) is 3.66. The van der Waals surface area contributed by atoms with Crippen LogP contribution >= 0.6 is 0 Å². The van der Waals surface area contributed by atoms with Crippen LogP contribution < -0.4 is 0 Å². The summed E-state index contributed by atoms with van der Waals surface area (Å²) in [4.78, 5) is 11.1. The number of carbonyl (C=O) groups is 1. The number of halogens is 1. The number of hydrogen-bond acceptors (Lipinski definition) is 1. The van der Waals surface area contributed by atoms with Crippen LogP contribution in [0.5, 0.6) is 0 Å². The summed E-state index contributed by atoms with van der Waals surface area (Å²) in [5.41, 5.74) is 1.56. The first kappa shape index (κ1) is 11.1. The highest BCUT2D eigenvalue weighted by Crippen LogP contribution is 2.64. The smallest absolute Gasteiger partial charge is 0.307 e. The molecule has 86 valence electrons. The maximum absolute atomic E-state index is 13.0. The molecule has 1 aliphatic rings. The summed E-state index contributed by atoms with van der Waals surface area (Å²) in [6, 6.07) is 4.57. The second-order valence-electron chi connectivity index (χ2n) is 5.12. The van der Waals surface area contributed by atoms with Gasteiger partial charge in [-0.3, -0.25) is 4.79 Å². The summed E-state index contributed by atoms with van der Waals surface area (Å²) in [6.07, 6.45) is 0. The molecule has 3 heteroatoms. The van der Waals surface area contributed by atoms with Gasteiger partial charge in [0.2, 0.25) is 0 Å². The van der Waals surface area contributed by atoms with Crippen LogP contribution in [0.2, 0.25) is 0 Å².